The van der Waals surface area contributed by atoms with Crippen molar-refractivity contribution in [3.05, 3.63) is 41.8 Å². The van der Waals surface area contributed by atoms with Gasteiger partial charge in [-0.1, -0.05) is 0 Å². The summed E-state index contributed by atoms with van der Waals surface area (Å²) in [6, 6.07) is 0. The van der Waals surface area contributed by atoms with Crippen LogP contribution in [0.3, 0.4) is 0 Å². The summed E-state index contributed by atoms with van der Waals surface area (Å²) < 4.78 is 2.05. The van der Waals surface area contributed by atoms with Crippen LogP contribution in [-0.2, 0) is 6.54 Å². The molecule has 0 bridgehead atoms. The van der Waals surface area contributed by atoms with Gasteiger partial charge >= 0.3 is 0 Å². The van der Waals surface area contributed by atoms with Gasteiger partial charge < -0.3 is 9.47 Å². The van der Waals surface area contributed by atoms with Crippen molar-refractivity contribution in [2.75, 3.05) is 13.1 Å². The van der Waals surface area contributed by atoms with Crippen molar-refractivity contribution in [2.24, 2.45) is 0 Å². The Morgan fingerprint density at radius 2 is 2.31 bits per heavy atom. The normalized spacial score (nSPS) is 17.4. The lowest BCUT2D eigenvalue weighted by molar-refractivity contribution is 0.0698. The second kappa shape index (κ2) is 7.28. The second-order valence-electron chi connectivity index (χ2n) is 6.19. The average Bonchev–Trinajstić information content (AvgIpc) is 3.37. The number of aryl methyl sites for hydroxylation is 1. The minimum Gasteiger partial charge on any atom is -0.337 e. The summed E-state index contributed by atoms with van der Waals surface area (Å²) in [5, 5.41) is 10.8. The predicted molar refractivity (Wildman–Crippen MR) is 96.7 cm³/mol. The molecule has 0 aromatic carbocycles. The van der Waals surface area contributed by atoms with Crippen molar-refractivity contribution >= 4 is 17.2 Å². The number of amides is 1. The van der Waals surface area contributed by atoms with Crippen LogP contribution in [0.25, 0.3) is 10.7 Å². The van der Waals surface area contributed by atoms with Gasteiger partial charge in [0, 0.05) is 43.3 Å². The van der Waals surface area contributed by atoms with Crippen molar-refractivity contribution in [1.82, 2.24) is 34.6 Å². The van der Waals surface area contributed by atoms with Crippen LogP contribution in [0.4, 0.5) is 0 Å². The van der Waals surface area contributed by atoms with E-state index >= 15 is 0 Å². The monoisotopic (exact) mass is 369 g/mol. The highest BCUT2D eigenvalue weighted by Crippen LogP contribution is 2.27. The molecule has 1 aliphatic heterocycles. The van der Waals surface area contributed by atoms with E-state index < -0.39 is 0 Å². The number of piperidine rings is 1. The van der Waals surface area contributed by atoms with Gasteiger partial charge in [-0.3, -0.25) is 14.8 Å². The Hall–Kier alpha value is -2.68. The van der Waals surface area contributed by atoms with E-state index in [1.165, 1.54) is 11.3 Å². The molecule has 8 nitrogen and oxygen atoms in total. The van der Waals surface area contributed by atoms with Crippen LogP contribution in [-0.4, -0.2) is 53.6 Å². The van der Waals surface area contributed by atoms with Gasteiger partial charge in [0.25, 0.3) is 5.91 Å². The van der Waals surface area contributed by atoms with E-state index in [9.17, 15) is 4.79 Å². The minimum absolute atomic E-state index is 0.0383. The van der Waals surface area contributed by atoms with Gasteiger partial charge in [0.05, 0.1) is 6.20 Å². The first-order valence-corrected chi connectivity index (χ1v) is 9.53. The number of likely N-dealkylation sites (tertiary alicyclic amines) is 1. The largest absolute Gasteiger partial charge is 0.337 e. The molecule has 0 aliphatic carbocycles. The summed E-state index contributed by atoms with van der Waals surface area (Å²) in [5.41, 5.74) is 1.15. The molecule has 4 heterocycles. The first-order chi connectivity index (χ1) is 12.8. The molecule has 1 atom stereocenters. The fourth-order valence-corrected chi connectivity index (χ4v) is 4.01. The standard InChI is InChI=1S/C17H19N7OS/c1-2-23-11-20-22-15(23)12-4-3-7-24(9-12)17(25)14-10-26-16(21-14)13-8-18-5-6-19-13/h5-6,8,10-12H,2-4,7,9H2,1H3. The molecule has 1 saturated heterocycles. The second-order valence-corrected chi connectivity index (χ2v) is 7.05. The van der Waals surface area contributed by atoms with E-state index in [0.29, 0.717) is 22.9 Å². The average molecular weight is 369 g/mol. The van der Waals surface area contributed by atoms with E-state index in [1.807, 2.05) is 9.47 Å². The fraction of sp³-hybridized carbons (Fsp3) is 0.412. The molecule has 0 saturated carbocycles. The zero-order chi connectivity index (χ0) is 17.9. The topological polar surface area (TPSA) is 89.7 Å². The summed E-state index contributed by atoms with van der Waals surface area (Å²) in [6.45, 7) is 4.30. The van der Waals surface area contributed by atoms with Crippen LogP contribution in [0.15, 0.2) is 30.3 Å². The Morgan fingerprint density at radius 3 is 3.12 bits per heavy atom. The number of aromatic nitrogens is 6. The van der Waals surface area contributed by atoms with Crippen molar-refractivity contribution in [1.29, 1.82) is 0 Å². The minimum atomic E-state index is -0.0383. The predicted octanol–water partition coefficient (Wildman–Crippen LogP) is 2.23. The van der Waals surface area contributed by atoms with Crippen LogP contribution < -0.4 is 0 Å². The highest BCUT2D eigenvalue weighted by Gasteiger charge is 2.29. The highest BCUT2D eigenvalue weighted by atomic mass is 32.1. The Morgan fingerprint density at radius 1 is 1.38 bits per heavy atom. The quantitative estimate of drug-likeness (QED) is 0.700. The Balaban J connectivity index is 1.50. The van der Waals surface area contributed by atoms with E-state index in [0.717, 1.165) is 31.8 Å². The summed E-state index contributed by atoms with van der Waals surface area (Å²) in [6.07, 6.45) is 8.62. The molecule has 0 N–H and O–H groups in total. The number of thiazole rings is 1. The first-order valence-electron chi connectivity index (χ1n) is 8.65. The summed E-state index contributed by atoms with van der Waals surface area (Å²) in [7, 11) is 0. The Kier molecular flexibility index (Phi) is 4.70. The number of carbonyl (C=O) groups excluding carboxylic acids is 1. The third-order valence-corrected chi connectivity index (χ3v) is 5.43. The summed E-state index contributed by atoms with van der Waals surface area (Å²) in [4.78, 5) is 27.5. The maximum absolute atomic E-state index is 12.9. The van der Waals surface area contributed by atoms with Gasteiger partial charge in [0.2, 0.25) is 0 Å². The van der Waals surface area contributed by atoms with Crippen LogP contribution >= 0.6 is 11.3 Å². The fourth-order valence-electron chi connectivity index (χ4n) is 3.26. The van der Waals surface area contributed by atoms with Gasteiger partial charge in [0.1, 0.15) is 28.5 Å². The highest BCUT2D eigenvalue weighted by molar-refractivity contribution is 7.13. The van der Waals surface area contributed by atoms with Crippen LogP contribution in [0, 0.1) is 0 Å². The van der Waals surface area contributed by atoms with Gasteiger partial charge in [-0.2, -0.15) is 0 Å². The summed E-state index contributed by atoms with van der Waals surface area (Å²) >= 11 is 1.41. The maximum atomic E-state index is 12.9. The molecular formula is C17H19N7OS. The number of hydrogen-bond donors (Lipinski definition) is 0. The van der Waals surface area contributed by atoms with E-state index in [1.54, 1.807) is 30.3 Å². The van der Waals surface area contributed by atoms with Crippen LogP contribution in [0.1, 0.15) is 42.0 Å². The molecule has 1 aliphatic rings. The van der Waals surface area contributed by atoms with Gasteiger partial charge in [-0.15, -0.1) is 21.5 Å². The Bertz CT molecular complexity index is 891. The lowest BCUT2D eigenvalue weighted by Gasteiger charge is -2.31. The molecule has 0 spiro atoms. The first kappa shape index (κ1) is 16.8. The molecule has 1 fully saturated rings. The lowest BCUT2D eigenvalue weighted by Crippen LogP contribution is -2.40. The number of carbonyl (C=O) groups is 1. The molecule has 4 rings (SSSR count). The van der Waals surface area contributed by atoms with Crippen LogP contribution in [0.5, 0.6) is 0 Å². The van der Waals surface area contributed by atoms with Crippen molar-refractivity contribution in [2.45, 2.75) is 32.2 Å². The van der Waals surface area contributed by atoms with E-state index in [2.05, 4.69) is 32.1 Å². The number of rotatable bonds is 4. The van der Waals surface area contributed by atoms with Gasteiger partial charge in [-0.05, 0) is 19.8 Å². The summed E-state index contributed by atoms with van der Waals surface area (Å²) in [5.74, 6) is 1.14. The SMILES string of the molecule is CCn1cnnc1C1CCCN(C(=O)c2csc(-c3cnccn3)n2)C1. The molecule has 3 aromatic rings. The van der Waals surface area contributed by atoms with Crippen molar-refractivity contribution in [3.8, 4) is 10.7 Å². The lowest BCUT2D eigenvalue weighted by atomic mass is 9.97. The van der Waals surface area contributed by atoms with Crippen molar-refractivity contribution in [3.63, 3.8) is 0 Å². The van der Waals surface area contributed by atoms with Gasteiger partial charge in [-0.25, -0.2) is 4.98 Å². The molecule has 1 unspecified atom stereocenters. The van der Waals surface area contributed by atoms with Crippen LogP contribution in [0.2, 0.25) is 0 Å². The molecular weight excluding hydrogens is 350 g/mol. The van der Waals surface area contributed by atoms with Crippen molar-refractivity contribution < 1.29 is 4.79 Å². The third-order valence-electron chi connectivity index (χ3n) is 4.57. The molecule has 1 amide bonds. The smallest absolute Gasteiger partial charge is 0.273 e. The van der Waals surface area contributed by atoms with E-state index in [4.69, 9.17) is 0 Å². The maximum Gasteiger partial charge on any atom is 0.273 e. The number of nitrogens with zero attached hydrogens (tertiary/aromatic N) is 7. The zero-order valence-electron chi connectivity index (χ0n) is 14.4. The molecule has 134 valence electrons. The molecule has 3 aromatic heterocycles. The Labute approximate surface area is 155 Å². The molecule has 26 heavy (non-hydrogen) atoms. The third kappa shape index (κ3) is 3.22. The number of hydrogen-bond acceptors (Lipinski definition) is 7. The van der Waals surface area contributed by atoms with E-state index in [-0.39, 0.29) is 11.8 Å². The molecule has 9 heteroatoms. The zero-order valence-corrected chi connectivity index (χ0v) is 15.3. The molecule has 0 radical (unpaired) electrons. The van der Waals surface area contributed by atoms with Gasteiger partial charge in [0.15, 0.2) is 0 Å².